The zero-order valence-corrected chi connectivity index (χ0v) is 20.5. The number of halogens is 2. The molecule has 1 heterocycles. The lowest BCUT2D eigenvalue weighted by Crippen LogP contribution is -2.52. The van der Waals surface area contributed by atoms with Gasteiger partial charge in [-0.3, -0.25) is 9.69 Å². The van der Waals surface area contributed by atoms with Gasteiger partial charge >= 0.3 is 5.97 Å². The van der Waals surface area contributed by atoms with E-state index in [2.05, 4.69) is 0 Å². The van der Waals surface area contributed by atoms with Crippen LogP contribution in [0.5, 0.6) is 0 Å². The molecule has 6 nitrogen and oxygen atoms in total. The molecule has 0 saturated heterocycles. The number of aromatic nitrogens is 2. The Bertz CT molecular complexity index is 1460. The molecule has 1 aliphatic carbocycles. The number of hydrogen-bond donors (Lipinski definition) is 1. The van der Waals surface area contributed by atoms with Crippen LogP contribution in [0, 0.1) is 5.82 Å². The first kappa shape index (κ1) is 24.0. The van der Waals surface area contributed by atoms with Crippen LogP contribution in [-0.2, 0) is 10.3 Å². The van der Waals surface area contributed by atoms with Gasteiger partial charge in [0.25, 0.3) is 0 Å². The first-order chi connectivity index (χ1) is 17.3. The highest BCUT2D eigenvalue weighted by Gasteiger charge is 2.46. The maximum atomic E-state index is 15.5. The third kappa shape index (κ3) is 4.03. The zero-order valence-electron chi connectivity index (χ0n) is 19.7. The van der Waals surface area contributed by atoms with E-state index in [1.165, 1.54) is 24.0 Å². The van der Waals surface area contributed by atoms with Gasteiger partial charge in [0.2, 0.25) is 5.91 Å². The number of benzene rings is 3. The van der Waals surface area contributed by atoms with Crippen molar-refractivity contribution in [2.75, 3.05) is 4.90 Å². The number of rotatable bonds is 5. The molecule has 36 heavy (non-hydrogen) atoms. The van der Waals surface area contributed by atoms with Crippen molar-refractivity contribution in [2.45, 2.75) is 44.6 Å². The second-order valence-electron chi connectivity index (χ2n) is 9.17. The van der Waals surface area contributed by atoms with Gasteiger partial charge in [-0.15, -0.1) is 0 Å². The Hall–Kier alpha value is -3.71. The number of aromatic carboxylic acids is 1. The highest BCUT2D eigenvalue weighted by Crippen LogP contribution is 2.48. The third-order valence-electron chi connectivity index (χ3n) is 6.95. The van der Waals surface area contributed by atoms with Crippen LogP contribution in [0.4, 0.5) is 10.1 Å². The smallest absolute Gasteiger partial charge is 0.335 e. The fourth-order valence-electron chi connectivity index (χ4n) is 5.48. The van der Waals surface area contributed by atoms with Gasteiger partial charge in [-0.25, -0.2) is 13.9 Å². The number of carbonyl (C=O) groups excluding carboxylic acids is 1. The maximum absolute atomic E-state index is 15.5. The monoisotopic (exact) mass is 505 g/mol. The number of carboxylic acid groups (broad SMARTS) is 1. The Labute approximate surface area is 212 Å². The van der Waals surface area contributed by atoms with Crippen molar-refractivity contribution in [2.24, 2.45) is 0 Å². The lowest BCUT2D eigenvalue weighted by molar-refractivity contribution is -0.118. The number of carboxylic acids is 1. The fraction of sp³-hybridized carbons (Fsp3) is 0.250. The molecule has 8 heteroatoms. The van der Waals surface area contributed by atoms with Crippen LogP contribution in [0.3, 0.4) is 0 Å². The van der Waals surface area contributed by atoms with Crippen LogP contribution >= 0.6 is 11.6 Å². The van der Waals surface area contributed by atoms with Crippen LogP contribution in [0.1, 0.15) is 55.1 Å². The van der Waals surface area contributed by atoms with E-state index in [4.69, 9.17) is 16.7 Å². The number of anilines is 1. The summed E-state index contributed by atoms with van der Waals surface area (Å²) in [6, 6.07) is 18.7. The van der Waals surface area contributed by atoms with Gasteiger partial charge in [0.05, 0.1) is 33.7 Å². The molecule has 0 atom stereocenters. The first-order valence-corrected chi connectivity index (χ1v) is 12.3. The Balaban J connectivity index is 1.81. The Morgan fingerprint density at radius 1 is 1.03 bits per heavy atom. The number of nitrogens with zero attached hydrogens (tertiary/aromatic N) is 3. The number of amides is 1. The molecule has 3 aromatic carbocycles. The third-order valence-corrected chi connectivity index (χ3v) is 7.20. The van der Waals surface area contributed by atoms with Crippen molar-refractivity contribution in [1.29, 1.82) is 0 Å². The summed E-state index contributed by atoms with van der Waals surface area (Å²) < 4.78 is 17.3. The molecule has 5 rings (SSSR count). The second kappa shape index (κ2) is 9.39. The maximum Gasteiger partial charge on any atom is 0.335 e. The molecule has 0 spiro atoms. The molecule has 1 aliphatic rings. The van der Waals surface area contributed by atoms with E-state index in [-0.39, 0.29) is 17.2 Å². The molecule has 1 fully saturated rings. The lowest BCUT2D eigenvalue weighted by Gasteiger charge is -2.46. The average molecular weight is 506 g/mol. The Kier molecular flexibility index (Phi) is 6.26. The highest BCUT2D eigenvalue weighted by molar-refractivity contribution is 6.30. The Morgan fingerprint density at radius 2 is 1.72 bits per heavy atom. The predicted molar refractivity (Wildman–Crippen MR) is 137 cm³/mol. The summed E-state index contributed by atoms with van der Waals surface area (Å²) in [6.45, 7) is 1.42. The SMILES string of the molecule is CC(=O)N(c1ccc(C(=O)O)cc1F)C1(c2c3ccccc3nn2-c2ccc(Cl)cc2)CCCCC1. The standard InChI is InChI=1S/C28H25ClFN3O3/c1-18(34)32(25-14-9-19(27(35)36)17-23(25)30)28(15-5-2-6-16-28)26-22-7-3-4-8-24(22)31-33(26)21-12-10-20(29)11-13-21/h3-4,7-14,17H,2,5-6,15-16H2,1H3,(H,35,36). The number of hydrogen-bond acceptors (Lipinski definition) is 3. The van der Waals surface area contributed by atoms with Crippen molar-refractivity contribution in [1.82, 2.24) is 9.78 Å². The normalized spacial score (nSPS) is 15.1. The average Bonchev–Trinajstić information content (AvgIpc) is 3.26. The predicted octanol–water partition coefficient (Wildman–Crippen LogP) is 6.73. The summed E-state index contributed by atoms with van der Waals surface area (Å²) >= 11 is 6.15. The number of fused-ring (bicyclic) bond motifs is 1. The van der Waals surface area contributed by atoms with Gasteiger partial charge in [-0.2, -0.15) is 5.10 Å². The molecular weight excluding hydrogens is 481 g/mol. The number of carbonyl (C=O) groups is 2. The van der Waals surface area contributed by atoms with E-state index in [0.717, 1.165) is 47.6 Å². The fourth-order valence-corrected chi connectivity index (χ4v) is 5.60. The summed E-state index contributed by atoms with van der Waals surface area (Å²) in [7, 11) is 0. The minimum absolute atomic E-state index is 0.0577. The summed E-state index contributed by atoms with van der Waals surface area (Å²) in [5, 5.41) is 15.7. The molecule has 1 amide bonds. The summed E-state index contributed by atoms with van der Waals surface area (Å²) in [6.07, 6.45) is 3.91. The highest BCUT2D eigenvalue weighted by atomic mass is 35.5. The van der Waals surface area contributed by atoms with Gasteiger partial charge in [0.1, 0.15) is 5.82 Å². The van der Waals surface area contributed by atoms with Gasteiger partial charge in [-0.05, 0) is 61.4 Å². The molecule has 0 unspecified atom stereocenters. The molecule has 1 N–H and O–H groups in total. The van der Waals surface area contributed by atoms with Crippen molar-refractivity contribution in [3.63, 3.8) is 0 Å². The van der Waals surface area contributed by atoms with Crippen LogP contribution in [0.15, 0.2) is 66.7 Å². The van der Waals surface area contributed by atoms with Crippen molar-refractivity contribution in [3.05, 3.63) is 88.8 Å². The summed E-state index contributed by atoms with van der Waals surface area (Å²) in [5.41, 5.74) is 1.33. The van der Waals surface area contributed by atoms with E-state index in [0.29, 0.717) is 17.9 Å². The molecule has 0 bridgehead atoms. The van der Waals surface area contributed by atoms with Gasteiger partial charge in [0.15, 0.2) is 0 Å². The van der Waals surface area contributed by atoms with Crippen LogP contribution in [0.2, 0.25) is 5.02 Å². The molecule has 0 aliphatic heterocycles. The second-order valence-corrected chi connectivity index (χ2v) is 9.61. The first-order valence-electron chi connectivity index (χ1n) is 11.9. The van der Waals surface area contributed by atoms with E-state index >= 15 is 4.39 Å². The minimum atomic E-state index is -1.23. The quantitative estimate of drug-likeness (QED) is 0.326. The molecule has 0 radical (unpaired) electrons. The summed E-state index contributed by atoms with van der Waals surface area (Å²) in [4.78, 5) is 26.3. The van der Waals surface area contributed by atoms with E-state index < -0.39 is 17.3 Å². The largest absolute Gasteiger partial charge is 0.478 e. The topological polar surface area (TPSA) is 75.4 Å². The molecular formula is C28H25ClFN3O3. The Morgan fingerprint density at radius 3 is 2.36 bits per heavy atom. The van der Waals surface area contributed by atoms with Crippen molar-refractivity contribution >= 4 is 40.1 Å². The molecule has 1 saturated carbocycles. The molecule has 184 valence electrons. The minimum Gasteiger partial charge on any atom is -0.478 e. The van der Waals surface area contributed by atoms with Crippen LogP contribution < -0.4 is 4.90 Å². The lowest BCUT2D eigenvalue weighted by atomic mass is 9.76. The van der Waals surface area contributed by atoms with E-state index in [1.54, 1.807) is 12.1 Å². The van der Waals surface area contributed by atoms with E-state index in [1.807, 2.05) is 41.1 Å². The van der Waals surface area contributed by atoms with Crippen molar-refractivity contribution < 1.29 is 19.1 Å². The van der Waals surface area contributed by atoms with Crippen LogP contribution in [0.25, 0.3) is 16.6 Å². The van der Waals surface area contributed by atoms with Gasteiger partial charge < -0.3 is 5.11 Å². The van der Waals surface area contributed by atoms with Crippen molar-refractivity contribution in [3.8, 4) is 5.69 Å². The molecule has 4 aromatic rings. The zero-order chi connectivity index (χ0) is 25.4. The van der Waals surface area contributed by atoms with E-state index in [9.17, 15) is 14.7 Å². The van der Waals surface area contributed by atoms with Crippen LogP contribution in [-0.4, -0.2) is 26.8 Å². The summed E-state index contributed by atoms with van der Waals surface area (Å²) in [5.74, 6) is -2.31. The molecule has 1 aromatic heterocycles. The van der Waals surface area contributed by atoms with Gasteiger partial charge in [0, 0.05) is 17.3 Å². The van der Waals surface area contributed by atoms with Gasteiger partial charge in [-0.1, -0.05) is 49.1 Å².